The van der Waals surface area contributed by atoms with Gasteiger partial charge in [0.2, 0.25) is 0 Å². The molecule has 0 aliphatic carbocycles. The van der Waals surface area contributed by atoms with E-state index in [1.807, 2.05) is 4.57 Å². The first kappa shape index (κ1) is 16.6. The molecule has 22 heavy (non-hydrogen) atoms. The fourth-order valence-electron chi connectivity index (χ4n) is 2.25. The van der Waals surface area contributed by atoms with Crippen LogP contribution in [0.3, 0.4) is 0 Å². The molecule has 118 valence electrons. The highest BCUT2D eigenvalue weighted by molar-refractivity contribution is 14.0. The molecule has 0 amide bonds. The van der Waals surface area contributed by atoms with Crippen molar-refractivity contribution >= 4 is 35.6 Å². The molecule has 2 aromatic rings. The Hall–Kier alpha value is -1.78. The monoisotopic (exact) mass is 420 g/mol. The molecule has 0 unspecified atom stereocenters. The molecular weight excluding hydrogens is 405 g/mol. The molecule has 2 heterocycles. The number of nitrogens with one attached hydrogen (secondary N) is 1. The number of hydrogen-bond donors (Lipinski definition) is 2. The largest absolute Gasteiger partial charge is 0.370 e. The average Bonchev–Trinajstić information content (AvgIpc) is 3.04. The first-order valence-corrected chi connectivity index (χ1v) is 6.56. The number of rotatable bonds is 3. The van der Waals surface area contributed by atoms with Crippen LogP contribution in [0, 0.1) is 11.6 Å². The van der Waals surface area contributed by atoms with Crippen LogP contribution in [-0.4, -0.2) is 20.7 Å². The van der Waals surface area contributed by atoms with Crippen molar-refractivity contribution in [3.63, 3.8) is 0 Å². The number of benzene rings is 1. The Bertz CT molecular complexity index is 700. The molecule has 3 rings (SSSR count). The number of fused-ring (bicyclic) bond motifs is 1. The van der Waals surface area contributed by atoms with Crippen molar-refractivity contribution in [2.24, 2.45) is 10.7 Å². The summed E-state index contributed by atoms with van der Waals surface area (Å²) in [5.41, 5.74) is 5.63. The molecule has 0 atom stereocenters. The number of anilines is 1. The van der Waals surface area contributed by atoms with Gasteiger partial charge in [0.1, 0.15) is 24.0 Å². The van der Waals surface area contributed by atoms with Gasteiger partial charge in [0.25, 0.3) is 0 Å². The summed E-state index contributed by atoms with van der Waals surface area (Å²) in [7, 11) is 0. The van der Waals surface area contributed by atoms with Gasteiger partial charge in [0, 0.05) is 19.0 Å². The molecule has 1 aromatic carbocycles. The number of nitrogens with zero attached hydrogens (tertiary/aromatic N) is 4. The molecule has 1 aliphatic heterocycles. The summed E-state index contributed by atoms with van der Waals surface area (Å²) in [6, 6.07) is 3.08. The third-order valence-electron chi connectivity index (χ3n) is 3.27. The van der Waals surface area contributed by atoms with Crippen LogP contribution in [0.5, 0.6) is 0 Å². The Balaban J connectivity index is 0.00000176. The zero-order valence-electron chi connectivity index (χ0n) is 11.6. The summed E-state index contributed by atoms with van der Waals surface area (Å²) >= 11 is 0. The fourth-order valence-corrected chi connectivity index (χ4v) is 2.25. The second kappa shape index (κ2) is 6.99. The van der Waals surface area contributed by atoms with E-state index < -0.39 is 11.6 Å². The minimum Gasteiger partial charge on any atom is -0.370 e. The molecule has 9 heteroatoms. The fraction of sp³-hybridized carbons (Fsp3) is 0.308. The summed E-state index contributed by atoms with van der Waals surface area (Å²) in [5.74, 6) is 0.504. The van der Waals surface area contributed by atoms with Crippen LogP contribution in [0.25, 0.3) is 0 Å². The highest BCUT2D eigenvalue weighted by atomic mass is 127. The van der Waals surface area contributed by atoms with Crippen LogP contribution in [0.15, 0.2) is 23.2 Å². The lowest BCUT2D eigenvalue weighted by molar-refractivity contribution is 0.604. The van der Waals surface area contributed by atoms with Crippen molar-refractivity contribution in [1.82, 2.24) is 14.8 Å². The Kier molecular flexibility index (Phi) is 5.27. The number of hydrogen-bond acceptors (Lipinski definition) is 3. The highest BCUT2D eigenvalue weighted by Gasteiger charge is 2.16. The van der Waals surface area contributed by atoms with Gasteiger partial charge in [-0.1, -0.05) is 0 Å². The maximum Gasteiger partial charge on any atom is 0.193 e. The van der Waals surface area contributed by atoms with Gasteiger partial charge in [-0.05, 0) is 18.6 Å². The maximum absolute atomic E-state index is 13.5. The zero-order valence-corrected chi connectivity index (χ0v) is 13.9. The Morgan fingerprint density at radius 3 is 3.00 bits per heavy atom. The standard InChI is InChI=1S/C13H14F2N6.HI/c14-8-3-4-9(15)10(6-8)18-13(16)17-7-12-20-19-11-2-1-5-21(11)12;/h3-4,6H,1-2,5,7H2,(H3,16,17,18);1H. The van der Waals surface area contributed by atoms with E-state index in [1.54, 1.807) is 0 Å². The third-order valence-corrected chi connectivity index (χ3v) is 3.27. The molecule has 1 aromatic heterocycles. The normalized spacial score (nSPS) is 13.6. The second-order valence-corrected chi connectivity index (χ2v) is 4.74. The second-order valence-electron chi connectivity index (χ2n) is 4.74. The van der Waals surface area contributed by atoms with E-state index in [2.05, 4.69) is 20.5 Å². The van der Waals surface area contributed by atoms with E-state index in [-0.39, 0.29) is 42.2 Å². The molecule has 0 saturated carbocycles. The van der Waals surface area contributed by atoms with Crippen molar-refractivity contribution in [2.45, 2.75) is 25.9 Å². The Morgan fingerprint density at radius 1 is 1.36 bits per heavy atom. The summed E-state index contributed by atoms with van der Waals surface area (Å²) in [5, 5.41) is 10.6. The van der Waals surface area contributed by atoms with Crippen LogP contribution in [0.4, 0.5) is 14.5 Å². The van der Waals surface area contributed by atoms with Crippen LogP contribution in [-0.2, 0) is 19.5 Å². The smallest absolute Gasteiger partial charge is 0.193 e. The van der Waals surface area contributed by atoms with Crippen molar-refractivity contribution in [1.29, 1.82) is 0 Å². The quantitative estimate of drug-likeness (QED) is 0.453. The van der Waals surface area contributed by atoms with E-state index >= 15 is 0 Å². The van der Waals surface area contributed by atoms with Gasteiger partial charge in [-0.15, -0.1) is 34.2 Å². The van der Waals surface area contributed by atoms with Crippen molar-refractivity contribution in [2.75, 3.05) is 5.32 Å². The Morgan fingerprint density at radius 2 is 2.18 bits per heavy atom. The van der Waals surface area contributed by atoms with Crippen LogP contribution < -0.4 is 11.1 Å². The number of aliphatic imine (C=N–C) groups is 1. The maximum atomic E-state index is 13.5. The number of halogens is 3. The van der Waals surface area contributed by atoms with Gasteiger partial charge in [-0.25, -0.2) is 13.8 Å². The summed E-state index contributed by atoms with van der Waals surface area (Å²) < 4.78 is 28.5. The van der Waals surface area contributed by atoms with Gasteiger partial charge in [-0.2, -0.15) is 0 Å². The van der Waals surface area contributed by atoms with Crippen molar-refractivity contribution in [3.8, 4) is 0 Å². The number of aromatic nitrogens is 3. The first-order chi connectivity index (χ1) is 10.1. The highest BCUT2D eigenvalue weighted by Crippen LogP contribution is 2.16. The lowest BCUT2D eigenvalue weighted by Gasteiger charge is -2.07. The molecule has 3 N–H and O–H groups in total. The molecule has 0 fully saturated rings. The van der Waals surface area contributed by atoms with E-state index in [9.17, 15) is 8.78 Å². The molecule has 1 aliphatic rings. The number of aryl methyl sites for hydroxylation is 1. The molecular formula is C13H15F2IN6. The van der Waals surface area contributed by atoms with E-state index in [0.717, 1.165) is 43.4 Å². The van der Waals surface area contributed by atoms with Crippen molar-refractivity contribution in [3.05, 3.63) is 41.5 Å². The molecule has 6 nitrogen and oxygen atoms in total. The lowest BCUT2D eigenvalue weighted by atomic mass is 10.3. The molecule has 0 radical (unpaired) electrons. The van der Waals surface area contributed by atoms with E-state index in [4.69, 9.17) is 5.73 Å². The van der Waals surface area contributed by atoms with Gasteiger partial charge < -0.3 is 15.6 Å². The minimum atomic E-state index is -0.599. The van der Waals surface area contributed by atoms with Crippen LogP contribution in [0.1, 0.15) is 18.1 Å². The van der Waals surface area contributed by atoms with E-state index in [1.165, 1.54) is 0 Å². The molecule has 0 spiro atoms. The lowest BCUT2D eigenvalue weighted by Crippen LogP contribution is -2.23. The third kappa shape index (κ3) is 3.51. The summed E-state index contributed by atoms with van der Waals surface area (Å²) in [4.78, 5) is 4.08. The predicted molar refractivity (Wildman–Crippen MR) is 89.1 cm³/mol. The van der Waals surface area contributed by atoms with Crippen molar-refractivity contribution < 1.29 is 8.78 Å². The van der Waals surface area contributed by atoms with Gasteiger partial charge in [0.15, 0.2) is 11.8 Å². The predicted octanol–water partition coefficient (Wildman–Crippen LogP) is 2.05. The topological polar surface area (TPSA) is 81.1 Å². The SMILES string of the molecule is I.NC(=NCc1nnc2n1CCC2)Nc1cc(F)ccc1F. The van der Waals surface area contributed by atoms with Crippen LogP contribution >= 0.6 is 24.0 Å². The van der Waals surface area contributed by atoms with E-state index in [0.29, 0.717) is 5.82 Å². The minimum absolute atomic E-state index is 0. The summed E-state index contributed by atoms with van der Waals surface area (Å²) in [6.07, 6.45) is 1.96. The van der Waals surface area contributed by atoms with Gasteiger partial charge >= 0.3 is 0 Å². The van der Waals surface area contributed by atoms with Gasteiger partial charge in [-0.3, -0.25) is 0 Å². The van der Waals surface area contributed by atoms with Gasteiger partial charge in [0.05, 0.1) is 5.69 Å². The number of nitrogens with two attached hydrogens (primary N) is 1. The average molecular weight is 420 g/mol. The first-order valence-electron chi connectivity index (χ1n) is 6.56. The zero-order chi connectivity index (χ0) is 14.8. The van der Waals surface area contributed by atoms with Crippen LogP contribution in [0.2, 0.25) is 0 Å². The summed E-state index contributed by atoms with van der Waals surface area (Å²) in [6.45, 7) is 1.11. The molecule has 0 saturated heterocycles. The number of guanidine groups is 1. The Labute approximate surface area is 142 Å². The molecule has 0 bridgehead atoms.